The summed E-state index contributed by atoms with van der Waals surface area (Å²) in [7, 11) is 0.340. The van der Waals surface area contributed by atoms with Gasteiger partial charge in [0.25, 0.3) is 0 Å². The number of nitrogens with one attached hydrogen (secondary N) is 5. The Morgan fingerprint density at radius 3 is 2.50 bits per heavy atom. The normalized spacial score (nSPS) is 17.6. The molecule has 6 rings (SSSR count). The lowest BCUT2D eigenvalue weighted by molar-refractivity contribution is 0.468. The number of anilines is 2. The number of para-hydroxylation sites is 1. The minimum Gasteiger partial charge on any atom is -0.405 e. The van der Waals surface area contributed by atoms with Gasteiger partial charge in [-0.1, -0.05) is 94.7 Å². The third-order valence-corrected chi connectivity index (χ3v) is 13.4. The van der Waals surface area contributed by atoms with Crippen LogP contribution in [0.1, 0.15) is 96.6 Å². The van der Waals surface area contributed by atoms with Crippen LogP contribution >= 0.6 is 20.7 Å². The predicted octanol–water partition coefficient (Wildman–Crippen LogP) is 12.7. The van der Waals surface area contributed by atoms with E-state index in [4.69, 9.17) is 4.98 Å². The molecule has 1 aliphatic carbocycles. The number of benzene rings is 2. The SMILES string of the molecule is C=C1NS(=C)(=C)c2ccccc2NCCCCC/C=C\C2C[C@H]12.C=CN.C=CNCCCC(C)CCC(=C)NC.CCc1ccc2c(C)cc(-c3csc(NC(C)C)n3)nc2c1. The molecule has 10 heteroatoms. The summed E-state index contributed by atoms with van der Waals surface area (Å²) < 4.78 is 3.57. The first kappa shape index (κ1) is 51.4. The zero-order valence-corrected chi connectivity index (χ0v) is 40.5. The molecular formula is C52H78N8S2. The Morgan fingerprint density at radius 2 is 1.79 bits per heavy atom. The van der Waals surface area contributed by atoms with Gasteiger partial charge in [0.2, 0.25) is 0 Å². The van der Waals surface area contributed by atoms with Crippen LogP contribution in [0.15, 0.2) is 121 Å². The first-order valence-corrected chi connectivity index (χ1v) is 25.2. The second-order valence-corrected chi connectivity index (χ2v) is 19.9. The summed E-state index contributed by atoms with van der Waals surface area (Å²) in [6.45, 7) is 27.8. The van der Waals surface area contributed by atoms with Crippen LogP contribution in [-0.4, -0.2) is 47.9 Å². The molecule has 2 aliphatic rings. The maximum Gasteiger partial charge on any atom is 0.183 e. The molecule has 2 aromatic heterocycles. The molecule has 3 heterocycles. The van der Waals surface area contributed by atoms with Gasteiger partial charge in [0.15, 0.2) is 5.13 Å². The Labute approximate surface area is 380 Å². The third kappa shape index (κ3) is 17.8. The monoisotopic (exact) mass is 879 g/mol. The maximum atomic E-state index is 4.82. The number of aryl methyl sites for hydroxylation is 2. The van der Waals surface area contributed by atoms with Gasteiger partial charge in [-0.3, -0.25) is 0 Å². The van der Waals surface area contributed by atoms with E-state index in [1.54, 1.807) is 17.5 Å². The van der Waals surface area contributed by atoms with E-state index >= 15 is 0 Å². The average molecular weight is 879 g/mol. The molecule has 0 radical (unpaired) electrons. The van der Waals surface area contributed by atoms with Crippen molar-refractivity contribution in [1.29, 1.82) is 0 Å². The molecule has 1 saturated carbocycles. The summed E-state index contributed by atoms with van der Waals surface area (Å²) in [5, 5.41) is 17.4. The minimum atomic E-state index is -1.59. The number of hydrogen-bond donors (Lipinski definition) is 6. The molecule has 2 unspecified atom stereocenters. The van der Waals surface area contributed by atoms with Gasteiger partial charge in [-0.15, -0.1) is 20.7 Å². The fraction of sp³-hybridized carbons (Fsp3) is 0.423. The molecule has 0 amide bonds. The Hall–Kier alpha value is -4.93. The van der Waals surface area contributed by atoms with E-state index in [0.717, 1.165) is 71.0 Å². The Morgan fingerprint density at radius 1 is 1.03 bits per heavy atom. The fourth-order valence-electron chi connectivity index (χ4n) is 7.07. The molecule has 62 heavy (non-hydrogen) atoms. The molecule has 0 spiro atoms. The van der Waals surface area contributed by atoms with Crippen molar-refractivity contribution in [2.75, 3.05) is 30.8 Å². The minimum absolute atomic E-state index is 0.386. The number of aromatic nitrogens is 2. The van der Waals surface area contributed by atoms with Crippen LogP contribution in [0.5, 0.6) is 0 Å². The summed E-state index contributed by atoms with van der Waals surface area (Å²) in [6.07, 6.45) is 19.7. The van der Waals surface area contributed by atoms with Crippen molar-refractivity contribution in [3.05, 3.63) is 127 Å². The van der Waals surface area contributed by atoms with Crippen LogP contribution < -0.4 is 31.7 Å². The standard InChI is InChI=1S/C20H28N2S.C18H21N3S.C12H24N2.C2H5N/c1-16-18-15-17(18)11-7-5-4-6-10-14-21-19-12-8-9-13-20(19)23(2,3)22-16;1-5-13-6-7-14-12(4)8-16(20-15(14)9-13)17-10-22-18(21-17)19-11(2)3;1-5-14-10-6-7-11(2)8-9-12(3)13-4;1-2-3/h7-9,11-13,17-18,21-22H,1-6,10,14-15H2;6-11H,5H2,1-4H3,(H,19,21);5,11,13-14H,1,3,6-10H2,2,4H3;2H,1,3H2/b11-7-;;;/t17?,18-;;;/m1.../s1. The van der Waals surface area contributed by atoms with E-state index in [1.165, 1.54) is 79.0 Å². The van der Waals surface area contributed by atoms with Crippen LogP contribution in [-0.2, 0) is 6.42 Å². The quantitative estimate of drug-likeness (QED) is 0.0447. The van der Waals surface area contributed by atoms with Gasteiger partial charge in [-0.05, 0) is 138 Å². The average Bonchev–Trinajstić information content (AvgIpc) is 3.89. The highest BCUT2D eigenvalue weighted by Gasteiger charge is 2.37. The van der Waals surface area contributed by atoms with Gasteiger partial charge < -0.3 is 31.7 Å². The molecule has 2 aromatic carbocycles. The predicted molar refractivity (Wildman–Crippen MR) is 281 cm³/mol. The molecule has 0 saturated heterocycles. The first-order chi connectivity index (χ1) is 29.8. The Balaban J connectivity index is 0.000000247. The topological polar surface area (TPSA) is 112 Å². The smallest absolute Gasteiger partial charge is 0.183 e. The molecular weight excluding hydrogens is 801 g/mol. The summed E-state index contributed by atoms with van der Waals surface area (Å²) in [5.41, 5.74) is 13.5. The summed E-state index contributed by atoms with van der Waals surface area (Å²) >= 11 is 1.63. The number of thiazole rings is 1. The molecule has 338 valence electrons. The van der Waals surface area contributed by atoms with Crippen LogP contribution in [0.4, 0.5) is 10.8 Å². The van der Waals surface area contributed by atoms with E-state index in [9.17, 15) is 0 Å². The molecule has 1 aliphatic heterocycles. The number of hydrogen-bond acceptors (Lipinski definition) is 9. The summed E-state index contributed by atoms with van der Waals surface area (Å²) in [4.78, 5) is 10.7. The Kier molecular flexibility index (Phi) is 22.6. The van der Waals surface area contributed by atoms with Crippen molar-refractivity contribution in [3.63, 3.8) is 0 Å². The van der Waals surface area contributed by atoms with Crippen molar-refractivity contribution in [2.24, 2.45) is 23.5 Å². The van der Waals surface area contributed by atoms with Crippen molar-refractivity contribution < 1.29 is 0 Å². The highest BCUT2D eigenvalue weighted by Crippen LogP contribution is 2.46. The summed E-state index contributed by atoms with van der Waals surface area (Å²) in [5.74, 6) is 10.8. The molecule has 0 bridgehead atoms. The number of nitrogens with zero attached hydrogens (tertiary/aromatic N) is 2. The van der Waals surface area contributed by atoms with E-state index in [2.05, 4.69) is 175 Å². The molecule has 4 aromatic rings. The number of allylic oxidation sites excluding steroid dienone is 4. The van der Waals surface area contributed by atoms with Gasteiger partial charge in [-0.25, -0.2) is 9.97 Å². The van der Waals surface area contributed by atoms with Crippen molar-refractivity contribution in [1.82, 2.24) is 25.3 Å². The number of rotatable bonds is 13. The number of nitrogens with two attached hydrogens (primary N) is 1. The second kappa shape index (κ2) is 27.2. The van der Waals surface area contributed by atoms with E-state index < -0.39 is 9.39 Å². The van der Waals surface area contributed by atoms with Gasteiger partial charge in [0.05, 0.1) is 11.2 Å². The van der Waals surface area contributed by atoms with Crippen LogP contribution in [0.3, 0.4) is 0 Å². The largest absolute Gasteiger partial charge is 0.405 e. The van der Waals surface area contributed by atoms with Crippen LogP contribution in [0, 0.1) is 24.7 Å². The van der Waals surface area contributed by atoms with Gasteiger partial charge >= 0.3 is 0 Å². The van der Waals surface area contributed by atoms with Crippen LogP contribution in [0.2, 0.25) is 0 Å². The lowest BCUT2D eigenvalue weighted by Crippen LogP contribution is -2.12. The van der Waals surface area contributed by atoms with E-state index in [1.807, 2.05) is 7.05 Å². The second-order valence-electron chi connectivity index (χ2n) is 16.6. The lowest BCUT2D eigenvalue weighted by atomic mass is 9.99. The van der Waals surface area contributed by atoms with Crippen molar-refractivity contribution >= 4 is 54.2 Å². The Bertz CT molecular complexity index is 2150. The zero-order chi connectivity index (χ0) is 45.5. The highest BCUT2D eigenvalue weighted by atomic mass is 32.2. The highest BCUT2D eigenvalue weighted by molar-refractivity contribution is 8.26. The molecule has 3 atom stereocenters. The molecule has 8 nitrogen and oxygen atoms in total. The van der Waals surface area contributed by atoms with E-state index in [0.29, 0.717) is 17.9 Å². The van der Waals surface area contributed by atoms with Crippen LogP contribution in [0.25, 0.3) is 22.3 Å². The van der Waals surface area contributed by atoms with Gasteiger partial charge in [-0.2, -0.15) is 0 Å². The molecule has 7 N–H and O–H groups in total. The van der Waals surface area contributed by atoms with Gasteiger partial charge in [0, 0.05) is 64.8 Å². The maximum absolute atomic E-state index is 4.82. The molecule has 1 fully saturated rings. The van der Waals surface area contributed by atoms with Crippen molar-refractivity contribution in [2.45, 2.75) is 110 Å². The lowest BCUT2D eigenvalue weighted by Gasteiger charge is -2.23. The fourth-order valence-corrected chi connectivity index (χ4v) is 9.58. The van der Waals surface area contributed by atoms with Crippen molar-refractivity contribution in [3.8, 4) is 11.4 Å². The first-order valence-electron chi connectivity index (χ1n) is 22.4. The number of fused-ring (bicyclic) bond motifs is 3. The van der Waals surface area contributed by atoms with Gasteiger partial charge in [0.1, 0.15) is 5.69 Å². The zero-order valence-electron chi connectivity index (χ0n) is 38.8. The summed E-state index contributed by atoms with van der Waals surface area (Å²) in [6, 6.07) is 17.5. The third-order valence-electron chi connectivity index (χ3n) is 10.8. The number of pyridine rings is 1. The van der Waals surface area contributed by atoms with E-state index in [-0.39, 0.29) is 0 Å².